The summed E-state index contributed by atoms with van der Waals surface area (Å²) in [5.74, 6) is -1.24. The lowest BCUT2D eigenvalue weighted by Gasteiger charge is -2.21. The molecule has 0 aromatic rings. The molecule has 0 heterocycles. The van der Waals surface area contributed by atoms with Crippen molar-refractivity contribution in [2.45, 2.75) is 19.1 Å². The summed E-state index contributed by atoms with van der Waals surface area (Å²) in [5, 5.41) is 6.85. The SMILES string of the molecule is CC(C)CN(C)CC(C(=O)O)S(=O)(=O)O. The molecule has 0 aromatic heterocycles. The molecule has 0 saturated heterocycles. The second-order valence-electron chi connectivity index (χ2n) is 3.96. The van der Waals surface area contributed by atoms with E-state index in [0.29, 0.717) is 12.5 Å². The molecular formula is C8H17NO5S. The Kier molecular flexibility index (Phi) is 5.19. The van der Waals surface area contributed by atoms with E-state index in [1.807, 2.05) is 13.8 Å². The zero-order chi connectivity index (χ0) is 12.2. The molecule has 0 fully saturated rings. The number of hydrogen-bond donors (Lipinski definition) is 2. The van der Waals surface area contributed by atoms with Gasteiger partial charge in [-0.25, -0.2) is 0 Å². The number of carbonyl (C=O) groups is 1. The molecule has 0 aliphatic rings. The fraction of sp³-hybridized carbons (Fsp3) is 0.875. The van der Waals surface area contributed by atoms with Crippen LogP contribution in [0.3, 0.4) is 0 Å². The molecule has 0 aromatic carbocycles. The van der Waals surface area contributed by atoms with Gasteiger partial charge in [-0.1, -0.05) is 13.8 Å². The van der Waals surface area contributed by atoms with Crippen molar-refractivity contribution in [3.05, 3.63) is 0 Å². The van der Waals surface area contributed by atoms with Crippen molar-refractivity contribution < 1.29 is 22.9 Å². The van der Waals surface area contributed by atoms with Crippen molar-refractivity contribution >= 4 is 16.1 Å². The zero-order valence-corrected chi connectivity index (χ0v) is 9.86. The van der Waals surface area contributed by atoms with Crippen LogP contribution in [0.4, 0.5) is 0 Å². The summed E-state index contributed by atoms with van der Waals surface area (Å²) in [6, 6.07) is 0. The molecule has 0 saturated carbocycles. The van der Waals surface area contributed by atoms with Crippen LogP contribution in [0.1, 0.15) is 13.8 Å². The second kappa shape index (κ2) is 5.43. The summed E-state index contributed by atoms with van der Waals surface area (Å²) >= 11 is 0. The smallest absolute Gasteiger partial charge is 0.325 e. The van der Waals surface area contributed by atoms with Crippen LogP contribution >= 0.6 is 0 Å². The van der Waals surface area contributed by atoms with Gasteiger partial charge in [-0.2, -0.15) is 8.42 Å². The summed E-state index contributed by atoms with van der Waals surface area (Å²) in [7, 11) is -2.92. The van der Waals surface area contributed by atoms with Gasteiger partial charge in [0, 0.05) is 13.1 Å². The number of nitrogens with zero attached hydrogens (tertiary/aromatic N) is 1. The first-order valence-electron chi connectivity index (χ1n) is 4.52. The van der Waals surface area contributed by atoms with Crippen LogP contribution in [-0.4, -0.2) is 54.3 Å². The van der Waals surface area contributed by atoms with Crippen LogP contribution < -0.4 is 0 Å². The number of carboxylic acids is 1. The Morgan fingerprint density at radius 1 is 1.33 bits per heavy atom. The molecule has 2 N–H and O–H groups in total. The van der Waals surface area contributed by atoms with Crippen LogP contribution in [0.5, 0.6) is 0 Å². The van der Waals surface area contributed by atoms with Gasteiger partial charge < -0.3 is 10.0 Å². The maximum absolute atomic E-state index is 10.7. The Hall–Kier alpha value is -0.660. The highest BCUT2D eigenvalue weighted by atomic mass is 32.2. The number of carboxylic acid groups (broad SMARTS) is 1. The largest absolute Gasteiger partial charge is 0.480 e. The highest BCUT2D eigenvalue weighted by molar-refractivity contribution is 7.87. The number of rotatable bonds is 6. The van der Waals surface area contributed by atoms with E-state index in [1.54, 1.807) is 11.9 Å². The highest BCUT2D eigenvalue weighted by Crippen LogP contribution is 2.04. The quantitative estimate of drug-likeness (QED) is 0.629. The molecule has 0 aliphatic heterocycles. The van der Waals surface area contributed by atoms with Crippen LogP contribution in [0.2, 0.25) is 0 Å². The third-order valence-corrected chi connectivity index (χ3v) is 2.86. The molecule has 1 unspecified atom stereocenters. The second-order valence-corrected chi connectivity index (χ2v) is 5.56. The first kappa shape index (κ1) is 14.3. The van der Waals surface area contributed by atoms with Gasteiger partial charge in [-0.3, -0.25) is 9.35 Å². The van der Waals surface area contributed by atoms with Crippen molar-refractivity contribution in [3.8, 4) is 0 Å². The van der Waals surface area contributed by atoms with Gasteiger partial charge in [-0.05, 0) is 13.0 Å². The molecule has 6 nitrogen and oxygen atoms in total. The Labute approximate surface area is 89.6 Å². The molecule has 0 amide bonds. The molecule has 0 rings (SSSR count). The summed E-state index contributed by atoms with van der Waals surface area (Å²) in [5.41, 5.74) is 0. The van der Waals surface area contributed by atoms with Gasteiger partial charge >= 0.3 is 5.97 Å². The normalized spacial score (nSPS) is 14.5. The molecule has 0 aliphatic carbocycles. The third kappa shape index (κ3) is 5.71. The molecule has 7 heteroatoms. The maximum Gasteiger partial charge on any atom is 0.325 e. The van der Waals surface area contributed by atoms with Gasteiger partial charge in [0.2, 0.25) is 0 Å². The lowest BCUT2D eigenvalue weighted by Crippen LogP contribution is -2.41. The van der Waals surface area contributed by atoms with Crippen molar-refractivity contribution in [1.82, 2.24) is 4.90 Å². The minimum absolute atomic E-state index is 0.216. The first-order valence-corrected chi connectivity index (χ1v) is 6.02. The average Bonchev–Trinajstić information content (AvgIpc) is 1.95. The molecule has 0 spiro atoms. The van der Waals surface area contributed by atoms with Gasteiger partial charge in [0.15, 0.2) is 5.25 Å². The van der Waals surface area contributed by atoms with E-state index in [0.717, 1.165) is 0 Å². The summed E-state index contributed by atoms with van der Waals surface area (Å²) in [6.45, 7) is 4.21. The molecule has 90 valence electrons. The minimum Gasteiger partial charge on any atom is -0.480 e. The molecule has 0 radical (unpaired) electrons. The zero-order valence-electron chi connectivity index (χ0n) is 9.04. The summed E-state index contributed by atoms with van der Waals surface area (Å²) in [4.78, 5) is 12.2. The van der Waals surface area contributed by atoms with E-state index < -0.39 is 21.3 Å². The molecule has 0 bridgehead atoms. The third-order valence-electron chi connectivity index (χ3n) is 1.79. The van der Waals surface area contributed by atoms with Crippen LogP contribution in [0.15, 0.2) is 0 Å². The number of aliphatic carboxylic acids is 1. The molecular weight excluding hydrogens is 222 g/mol. The van der Waals surface area contributed by atoms with Crippen molar-refractivity contribution in [1.29, 1.82) is 0 Å². The van der Waals surface area contributed by atoms with Gasteiger partial charge in [0.05, 0.1) is 0 Å². The van der Waals surface area contributed by atoms with E-state index in [2.05, 4.69) is 0 Å². The van der Waals surface area contributed by atoms with Crippen molar-refractivity contribution in [2.24, 2.45) is 5.92 Å². The average molecular weight is 239 g/mol. The van der Waals surface area contributed by atoms with E-state index in [9.17, 15) is 13.2 Å². The fourth-order valence-electron chi connectivity index (χ4n) is 1.28. The van der Waals surface area contributed by atoms with Crippen molar-refractivity contribution in [3.63, 3.8) is 0 Å². The lowest BCUT2D eigenvalue weighted by atomic mass is 10.2. The molecule has 15 heavy (non-hydrogen) atoms. The molecule has 1 atom stereocenters. The Balaban J connectivity index is 4.51. The summed E-state index contributed by atoms with van der Waals surface area (Å²) < 4.78 is 30.2. The summed E-state index contributed by atoms with van der Waals surface area (Å²) in [6.07, 6.45) is 0. The van der Waals surface area contributed by atoms with Crippen molar-refractivity contribution in [2.75, 3.05) is 20.1 Å². The van der Waals surface area contributed by atoms with E-state index >= 15 is 0 Å². The monoisotopic (exact) mass is 239 g/mol. The predicted molar refractivity (Wildman–Crippen MR) is 55.3 cm³/mol. The van der Waals surface area contributed by atoms with E-state index in [4.69, 9.17) is 9.66 Å². The highest BCUT2D eigenvalue weighted by Gasteiger charge is 2.31. The van der Waals surface area contributed by atoms with Crippen LogP contribution in [-0.2, 0) is 14.9 Å². The Morgan fingerprint density at radius 3 is 2.07 bits per heavy atom. The maximum atomic E-state index is 10.7. The van der Waals surface area contributed by atoms with Gasteiger partial charge in [0.1, 0.15) is 0 Å². The van der Waals surface area contributed by atoms with Gasteiger partial charge in [0.25, 0.3) is 10.1 Å². The van der Waals surface area contributed by atoms with Crippen LogP contribution in [0, 0.1) is 5.92 Å². The topological polar surface area (TPSA) is 94.9 Å². The first-order chi connectivity index (χ1) is 6.64. The predicted octanol–water partition coefficient (Wildman–Crippen LogP) is -0.0848. The standard InChI is InChI=1S/C8H17NO5S/c1-6(2)4-9(3)5-7(8(10)11)15(12,13)14/h6-7H,4-5H2,1-3H3,(H,10,11)(H,12,13,14). The van der Waals surface area contributed by atoms with E-state index in [-0.39, 0.29) is 6.54 Å². The lowest BCUT2D eigenvalue weighted by molar-refractivity contribution is -0.137. The van der Waals surface area contributed by atoms with E-state index in [1.165, 1.54) is 0 Å². The minimum atomic E-state index is -4.54. The Bertz CT molecular complexity index is 311. The number of hydrogen-bond acceptors (Lipinski definition) is 4. The fourth-order valence-corrected chi connectivity index (χ4v) is 1.98. The van der Waals surface area contributed by atoms with Crippen LogP contribution in [0.25, 0.3) is 0 Å². The Morgan fingerprint density at radius 2 is 1.80 bits per heavy atom. The van der Waals surface area contributed by atoms with Gasteiger partial charge in [-0.15, -0.1) is 0 Å².